The number of carboxylic acid groups (broad SMARTS) is 1. The van der Waals surface area contributed by atoms with E-state index in [4.69, 9.17) is 11.5 Å². The van der Waals surface area contributed by atoms with Crippen molar-refractivity contribution in [3.05, 3.63) is 18.2 Å². The number of H-pyrrole nitrogens is 1. The fourth-order valence-electron chi connectivity index (χ4n) is 2.56. The normalized spacial score (nSPS) is 14.5. The van der Waals surface area contributed by atoms with Crippen molar-refractivity contribution in [2.75, 3.05) is 12.0 Å². The molecule has 0 bridgehead atoms. The molecule has 1 aromatic rings. The summed E-state index contributed by atoms with van der Waals surface area (Å²) in [5.74, 6) is -3.77. The van der Waals surface area contributed by atoms with Crippen LogP contribution in [0.25, 0.3) is 0 Å². The number of rotatable bonds is 14. The lowest BCUT2D eigenvalue weighted by molar-refractivity contribution is -0.142. The standard InChI is InChI=1S/C18H29N7O6S/c1-9(23-16(28)11(19)3-4-32-2)15(27)24-12(6-14(20)26)17(29)25-13(18(30)31)5-10-7-21-8-22-10/h7-9,11-13H,3-6,19H2,1-2H3,(H2,20,26)(H,21,22)(H,23,28)(H,24,27)(H,25,29)(H,30,31). The molecule has 0 aliphatic carbocycles. The van der Waals surface area contributed by atoms with Gasteiger partial charge in [0.15, 0.2) is 0 Å². The van der Waals surface area contributed by atoms with Crippen molar-refractivity contribution in [2.45, 2.75) is 50.4 Å². The fraction of sp³-hybridized carbons (Fsp3) is 0.556. The minimum absolute atomic E-state index is 0.0985. The molecule has 0 aliphatic rings. The Morgan fingerprint density at radius 3 is 2.31 bits per heavy atom. The number of carbonyl (C=O) groups excluding carboxylic acids is 4. The highest BCUT2D eigenvalue weighted by atomic mass is 32.2. The van der Waals surface area contributed by atoms with Gasteiger partial charge in [0.25, 0.3) is 0 Å². The van der Waals surface area contributed by atoms with Gasteiger partial charge in [-0.05, 0) is 25.4 Å². The van der Waals surface area contributed by atoms with Gasteiger partial charge in [-0.15, -0.1) is 0 Å². The van der Waals surface area contributed by atoms with Crippen LogP contribution in [0.1, 0.15) is 25.5 Å². The van der Waals surface area contributed by atoms with E-state index in [1.807, 2.05) is 6.26 Å². The first-order chi connectivity index (χ1) is 15.0. The van der Waals surface area contributed by atoms with Gasteiger partial charge >= 0.3 is 5.97 Å². The molecule has 14 heteroatoms. The summed E-state index contributed by atoms with van der Waals surface area (Å²) in [6.45, 7) is 1.38. The molecule has 9 N–H and O–H groups in total. The van der Waals surface area contributed by atoms with Crippen LogP contribution in [-0.2, 0) is 30.4 Å². The molecule has 1 rings (SSSR count). The minimum atomic E-state index is -1.44. The molecule has 1 aromatic heterocycles. The van der Waals surface area contributed by atoms with Gasteiger partial charge < -0.3 is 37.5 Å². The first-order valence-corrected chi connectivity index (χ1v) is 11.1. The Kier molecular flexibility index (Phi) is 11.2. The summed E-state index contributed by atoms with van der Waals surface area (Å²) in [6.07, 6.45) is 4.38. The number of imidazole rings is 1. The number of carboxylic acids is 1. The molecule has 0 aromatic carbocycles. The van der Waals surface area contributed by atoms with E-state index in [0.717, 1.165) is 0 Å². The Morgan fingerprint density at radius 1 is 1.12 bits per heavy atom. The Bertz CT molecular complexity index is 804. The van der Waals surface area contributed by atoms with Crippen LogP contribution in [0.5, 0.6) is 0 Å². The van der Waals surface area contributed by atoms with Gasteiger partial charge in [-0.3, -0.25) is 19.2 Å². The molecule has 13 nitrogen and oxygen atoms in total. The van der Waals surface area contributed by atoms with Crippen LogP contribution in [0.15, 0.2) is 12.5 Å². The number of thioether (sulfide) groups is 1. The van der Waals surface area contributed by atoms with E-state index < -0.39 is 60.2 Å². The summed E-state index contributed by atoms with van der Waals surface area (Å²) in [4.78, 5) is 66.5. The van der Waals surface area contributed by atoms with Crippen molar-refractivity contribution in [3.8, 4) is 0 Å². The van der Waals surface area contributed by atoms with Crippen molar-refractivity contribution in [1.82, 2.24) is 25.9 Å². The predicted octanol–water partition coefficient (Wildman–Crippen LogP) is -2.53. The smallest absolute Gasteiger partial charge is 0.326 e. The second-order valence-corrected chi connectivity index (χ2v) is 8.02. The van der Waals surface area contributed by atoms with Gasteiger partial charge in [-0.25, -0.2) is 9.78 Å². The van der Waals surface area contributed by atoms with Crippen LogP contribution in [-0.4, -0.2) is 80.8 Å². The van der Waals surface area contributed by atoms with Crippen LogP contribution < -0.4 is 27.4 Å². The van der Waals surface area contributed by atoms with Crippen LogP contribution in [0.3, 0.4) is 0 Å². The van der Waals surface area contributed by atoms with Gasteiger partial charge in [0, 0.05) is 18.3 Å². The Hall–Kier alpha value is -3.13. The largest absolute Gasteiger partial charge is 0.480 e. The molecule has 4 amide bonds. The van der Waals surface area contributed by atoms with E-state index in [9.17, 15) is 29.1 Å². The van der Waals surface area contributed by atoms with Gasteiger partial charge in [0.2, 0.25) is 23.6 Å². The lowest BCUT2D eigenvalue weighted by atomic mass is 10.1. The van der Waals surface area contributed by atoms with Crippen molar-refractivity contribution < 1.29 is 29.1 Å². The maximum absolute atomic E-state index is 12.6. The lowest BCUT2D eigenvalue weighted by Crippen LogP contribution is -2.57. The zero-order chi connectivity index (χ0) is 24.3. The molecule has 0 saturated carbocycles. The van der Waals surface area contributed by atoms with Crippen LogP contribution in [0.4, 0.5) is 0 Å². The number of primary amides is 1. The molecule has 4 unspecified atom stereocenters. The first kappa shape index (κ1) is 26.9. The molecule has 178 valence electrons. The summed E-state index contributed by atoms with van der Waals surface area (Å²) >= 11 is 1.52. The van der Waals surface area contributed by atoms with E-state index in [0.29, 0.717) is 17.9 Å². The number of nitrogens with zero attached hydrogens (tertiary/aromatic N) is 1. The van der Waals surface area contributed by atoms with Gasteiger partial charge in [-0.1, -0.05) is 0 Å². The zero-order valence-corrected chi connectivity index (χ0v) is 18.6. The SMILES string of the molecule is CSCCC(N)C(=O)NC(C)C(=O)NC(CC(N)=O)C(=O)NC(Cc1cnc[nH]1)C(=O)O. The third kappa shape index (κ3) is 9.34. The maximum atomic E-state index is 12.6. The van der Waals surface area contributed by atoms with Crippen LogP contribution in [0, 0.1) is 0 Å². The van der Waals surface area contributed by atoms with E-state index in [2.05, 4.69) is 25.9 Å². The molecule has 0 radical (unpaired) electrons. The summed E-state index contributed by atoms with van der Waals surface area (Å²) < 4.78 is 0. The number of amides is 4. The highest BCUT2D eigenvalue weighted by Crippen LogP contribution is 2.02. The van der Waals surface area contributed by atoms with Crippen molar-refractivity contribution in [2.24, 2.45) is 11.5 Å². The number of nitrogens with two attached hydrogens (primary N) is 2. The molecule has 0 aliphatic heterocycles. The number of aromatic amines is 1. The summed E-state index contributed by atoms with van der Waals surface area (Å²) in [7, 11) is 0. The molecule has 4 atom stereocenters. The maximum Gasteiger partial charge on any atom is 0.326 e. The number of hydrogen-bond donors (Lipinski definition) is 7. The van der Waals surface area contributed by atoms with E-state index in [1.165, 1.54) is 31.2 Å². The molecule has 1 heterocycles. The van der Waals surface area contributed by atoms with Gasteiger partial charge in [-0.2, -0.15) is 11.8 Å². The molecule has 0 fully saturated rings. The molecular weight excluding hydrogens is 442 g/mol. The molecule has 0 saturated heterocycles. The Balaban J connectivity index is 2.78. The Labute approximate surface area is 188 Å². The van der Waals surface area contributed by atoms with Crippen LogP contribution >= 0.6 is 11.8 Å². The average Bonchev–Trinajstić information content (AvgIpc) is 3.23. The molecule has 32 heavy (non-hydrogen) atoms. The lowest BCUT2D eigenvalue weighted by Gasteiger charge is -2.23. The molecular formula is C18H29N7O6S. The van der Waals surface area contributed by atoms with Gasteiger partial charge in [0.05, 0.1) is 18.8 Å². The second kappa shape index (κ2) is 13.3. The number of hydrogen-bond acceptors (Lipinski definition) is 8. The quantitative estimate of drug-likeness (QED) is 0.152. The van der Waals surface area contributed by atoms with E-state index in [1.54, 1.807) is 0 Å². The monoisotopic (exact) mass is 471 g/mol. The molecule has 0 spiro atoms. The second-order valence-electron chi connectivity index (χ2n) is 7.03. The summed E-state index contributed by atoms with van der Waals surface area (Å²) in [5, 5.41) is 16.4. The van der Waals surface area contributed by atoms with E-state index >= 15 is 0 Å². The third-order valence-electron chi connectivity index (χ3n) is 4.35. The van der Waals surface area contributed by atoms with Crippen LogP contribution in [0.2, 0.25) is 0 Å². The number of aliphatic carboxylic acids is 1. The number of aromatic nitrogens is 2. The summed E-state index contributed by atoms with van der Waals surface area (Å²) in [6, 6.07) is -4.65. The van der Waals surface area contributed by atoms with Crippen molar-refractivity contribution in [3.63, 3.8) is 0 Å². The zero-order valence-electron chi connectivity index (χ0n) is 17.8. The summed E-state index contributed by atoms with van der Waals surface area (Å²) in [5.41, 5.74) is 11.4. The van der Waals surface area contributed by atoms with E-state index in [-0.39, 0.29) is 6.42 Å². The topological polar surface area (TPSA) is 222 Å². The highest BCUT2D eigenvalue weighted by Gasteiger charge is 2.30. The predicted molar refractivity (Wildman–Crippen MR) is 116 cm³/mol. The fourth-order valence-corrected chi connectivity index (χ4v) is 3.05. The van der Waals surface area contributed by atoms with Crippen molar-refractivity contribution in [1.29, 1.82) is 0 Å². The van der Waals surface area contributed by atoms with Gasteiger partial charge in [0.1, 0.15) is 18.1 Å². The average molecular weight is 472 g/mol. The third-order valence-corrected chi connectivity index (χ3v) is 5.00. The highest BCUT2D eigenvalue weighted by molar-refractivity contribution is 7.98. The number of carbonyl (C=O) groups is 5. The minimum Gasteiger partial charge on any atom is -0.480 e. The number of nitrogens with one attached hydrogen (secondary N) is 4. The van der Waals surface area contributed by atoms with Crippen molar-refractivity contribution >= 4 is 41.4 Å². The first-order valence-electron chi connectivity index (χ1n) is 9.69. The Morgan fingerprint density at radius 2 is 1.78 bits per heavy atom.